The standard InChI is InChI=1S/C27H30FN3O5S2/c1-19-3-12-26(20(2)17-19)30-38(35,36)25-10-8-24(9-11-25)29-27(32)22-13-15-31(16-14-22)37(33,34)18-21-4-6-23(28)7-5-21/h3-12,17,22,30H,13-16,18H2,1-2H3,(H,29,32). The molecule has 0 unspecified atom stereocenters. The third-order valence-corrected chi connectivity index (χ3v) is 9.77. The van der Waals surface area contributed by atoms with Crippen molar-refractivity contribution in [2.24, 2.45) is 5.92 Å². The maximum Gasteiger partial charge on any atom is 0.261 e. The first-order chi connectivity index (χ1) is 17.9. The van der Waals surface area contributed by atoms with E-state index < -0.39 is 25.9 Å². The number of rotatable bonds is 8. The Labute approximate surface area is 223 Å². The van der Waals surface area contributed by atoms with Crippen molar-refractivity contribution in [2.75, 3.05) is 23.1 Å². The first-order valence-corrected chi connectivity index (χ1v) is 15.3. The van der Waals surface area contributed by atoms with E-state index >= 15 is 0 Å². The van der Waals surface area contributed by atoms with Gasteiger partial charge >= 0.3 is 0 Å². The number of hydrogen-bond acceptors (Lipinski definition) is 5. The van der Waals surface area contributed by atoms with Crippen LogP contribution in [0.25, 0.3) is 0 Å². The molecule has 0 aliphatic carbocycles. The fourth-order valence-electron chi connectivity index (χ4n) is 4.37. The second kappa shape index (κ2) is 11.2. The maximum absolute atomic E-state index is 13.1. The SMILES string of the molecule is Cc1ccc(NS(=O)(=O)c2ccc(NC(=O)C3CCN(S(=O)(=O)Cc4ccc(F)cc4)CC3)cc2)c(C)c1. The summed E-state index contributed by atoms with van der Waals surface area (Å²) in [6.07, 6.45) is 0.724. The Bertz CT molecular complexity index is 1520. The fourth-order valence-corrected chi connectivity index (χ4v) is 7.07. The summed E-state index contributed by atoms with van der Waals surface area (Å²) in [6, 6.07) is 16.7. The van der Waals surface area contributed by atoms with Crippen molar-refractivity contribution < 1.29 is 26.0 Å². The average molecular weight is 560 g/mol. The van der Waals surface area contributed by atoms with Gasteiger partial charge in [-0.15, -0.1) is 0 Å². The van der Waals surface area contributed by atoms with E-state index in [4.69, 9.17) is 0 Å². The van der Waals surface area contributed by atoms with E-state index in [2.05, 4.69) is 10.0 Å². The van der Waals surface area contributed by atoms with Crippen LogP contribution in [0, 0.1) is 25.6 Å². The summed E-state index contributed by atoms with van der Waals surface area (Å²) < 4.78 is 68.1. The van der Waals surface area contributed by atoms with Gasteiger partial charge in [-0.25, -0.2) is 25.5 Å². The van der Waals surface area contributed by atoms with E-state index in [9.17, 15) is 26.0 Å². The van der Waals surface area contributed by atoms with E-state index in [1.807, 2.05) is 26.0 Å². The zero-order chi connectivity index (χ0) is 27.5. The predicted molar refractivity (Wildman–Crippen MR) is 145 cm³/mol. The van der Waals surface area contributed by atoms with Gasteiger partial charge < -0.3 is 5.32 Å². The van der Waals surface area contributed by atoms with E-state index in [1.165, 1.54) is 52.8 Å². The maximum atomic E-state index is 13.1. The molecule has 1 heterocycles. The monoisotopic (exact) mass is 559 g/mol. The molecule has 11 heteroatoms. The van der Waals surface area contributed by atoms with Crippen LogP contribution in [-0.4, -0.2) is 40.1 Å². The van der Waals surface area contributed by atoms with Crippen molar-refractivity contribution in [3.05, 3.63) is 89.2 Å². The lowest BCUT2D eigenvalue weighted by Gasteiger charge is -2.30. The largest absolute Gasteiger partial charge is 0.326 e. The van der Waals surface area contributed by atoms with E-state index in [0.29, 0.717) is 29.8 Å². The van der Waals surface area contributed by atoms with E-state index in [0.717, 1.165) is 11.1 Å². The number of aryl methyl sites for hydroxylation is 2. The second-order valence-electron chi connectivity index (χ2n) is 9.49. The lowest BCUT2D eigenvalue weighted by Crippen LogP contribution is -2.41. The summed E-state index contributed by atoms with van der Waals surface area (Å²) in [6.45, 7) is 4.18. The smallest absolute Gasteiger partial charge is 0.261 e. The molecule has 2 N–H and O–H groups in total. The first-order valence-electron chi connectivity index (χ1n) is 12.2. The van der Waals surface area contributed by atoms with Crippen LogP contribution in [-0.2, 0) is 30.6 Å². The molecule has 0 spiro atoms. The highest BCUT2D eigenvalue weighted by Crippen LogP contribution is 2.25. The number of benzene rings is 3. The number of nitrogens with one attached hydrogen (secondary N) is 2. The normalized spacial score (nSPS) is 15.2. The lowest BCUT2D eigenvalue weighted by molar-refractivity contribution is -0.120. The molecule has 1 saturated heterocycles. The highest BCUT2D eigenvalue weighted by molar-refractivity contribution is 7.92. The van der Waals surface area contributed by atoms with Gasteiger partial charge in [-0.2, -0.15) is 0 Å². The molecule has 1 aliphatic heterocycles. The minimum absolute atomic E-state index is 0.0649. The van der Waals surface area contributed by atoms with Gasteiger partial charge in [0.2, 0.25) is 15.9 Å². The number of hydrogen-bond donors (Lipinski definition) is 2. The molecule has 1 aliphatic rings. The Balaban J connectivity index is 1.32. The molecule has 1 amide bonds. The van der Waals surface area contributed by atoms with Crippen LogP contribution >= 0.6 is 0 Å². The zero-order valence-electron chi connectivity index (χ0n) is 21.1. The average Bonchev–Trinajstić information content (AvgIpc) is 2.87. The minimum Gasteiger partial charge on any atom is -0.326 e. The van der Waals surface area contributed by atoms with Crippen LogP contribution < -0.4 is 10.0 Å². The number of halogens is 1. The van der Waals surface area contributed by atoms with Gasteiger partial charge in [-0.3, -0.25) is 9.52 Å². The Morgan fingerprint density at radius 3 is 2.16 bits per heavy atom. The second-order valence-corrected chi connectivity index (χ2v) is 13.1. The quantitative estimate of drug-likeness (QED) is 0.424. The summed E-state index contributed by atoms with van der Waals surface area (Å²) in [7, 11) is -7.39. The fraction of sp³-hybridized carbons (Fsp3) is 0.296. The Hall–Kier alpha value is -3.28. The van der Waals surface area contributed by atoms with Gasteiger partial charge in [-0.05, 0) is 80.3 Å². The predicted octanol–water partition coefficient (Wildman–Crippen LogP) is 4.42. The van der Waals surface area contributed by atoms with Crippen molar-refractivity contribution in [1.82, 2.24) is 4.31 Å². The molecule has 0 atom stereocenters. The van der Waals surface area contributed by atoms with E-state index in [-0.39, 0.29) is 35.6 Å². The zero-order valence-corrected chi connectivity index (χ0v) is 22.8. The summed E-state index contributed by atoms with van der Waals surface area (Å²) in [4.78, 5) is 12.9. The summed E-state index contributed by atoms with van der Waals surface area (Å²) >= 11 is 0. The van der Waals surface area contributed by atoms with Gasteiger partial charge in [0.1, 0.15) is 5.82 Å². The number of sulfonamides is 2. The number of amides is 1. The van der Waals surface area contributed by atoms with Crippen LogP contribution in [0.3, 0.4) is 0 Å². The highest BCUT2D eigenvalue weighted by Gasteiger charge is 2.31. The van der Waals surface area contributed by atoms with Gasteiger partial charge in [0, 0.05) is 24.7 Å². The van der Waals surface area contributed by atoms with Crippen LogP contribution in [0.5, 0.6) is 0 Å². The number of piperidine rings is 1. The Morgan fingerprint density at radius 1 is 0.921 bits per heavy atom. The van der Waals surface area contributed by atoms with Gasteiger partial charge in [0.15, 0.2) is 0 Å². The van der Waals surface area contributed by atoms with Gasteiger partial charge in [0.25, 0.3) is 10.0 Å². The molecular weight excluding hydrogens is 529 g/mol. The number of nitrogens with zero attached hydrogens (tertiary/aromatic N) is 1. The van der Waals surface area contributed by atoms with Crippen molar-refractivity contribution in [2.45, 2.75) is 37.3 Å². The molecular formula is C27H30FN3O5S2. The van der Waals surface area contributed by atoms with Crippen LogP contribution in [0.15, 0.2) is 71.6 Å². The molecule has 3 aromatic carbocycles. The van der Waals surface area contributed by atoms with Crippen molar-refractivity contribution in [3.8, 4) is 0 Å². The molecule has 38 heavy (non-hydrogen) atoms. The third-order valence-electron chi connectivity index (χ3n) is 6.54. The summed E-state index contributed by atoms with van der Waals surface area (Å²) in [5.41, 5.74) is 3.29. The molecule has 0 bridgehead atoms. The molecule has 8 nitrogen and oxygen atoms in total. The molecule has 4 rings (SSSR count). The molecule has 0 aromatic heterocycles. The summed E-state index contributed by atoms with van der Waals surface area (Å²) in [5, 5.41) is 2.80. The molecule has 0 radical (unpaired) electrons. The van der Waals surface area contributed by atoms with Gasteiger partial charge in [-0.1, -0.05) is 29.8 Å². The van der Waals surface area contributed by atoms with E-state index in [1.54, 1.807) is 6.07 Å². The molecule has 1 fully saturated rings. The Kier molecular flexibility index (Phi) is 8.19. The van der Waals surface area contributed by atoms with Crippen molar-refractivity contribution in [1.29, 1.82) is 0 Å². The molecule has 0 saturated carbocycles. The third kappa shape index (κ3) is 6.77. The number of anilines is 2. The van der Waals surface area contributed by atoms with Crippen molar-refractivity contribution >= 4 is 37.3 Å². The Morgan fingerprint density at radius 2 is 1.55 bits per heavy atom. The summed E-state index contributed by atoms with van der Waals surface area (Å²) in [5.74, 6) is -1.27. The molecule has 3 aromatic rings. The lowest BCUT2D eigenvalue weighted by atomic mass is 9.97. The topological polar surface area (TPSA) is 113 Å². The van der Waals surface area contributed by atoms with Crippen LogP contribution in [0.1, 0.15) is 29.5 Å². The van der Waals surface area contributed by atoms with Crippen LogP contribution in [0.4, 0.5) is 15.8 Å². The van der Waals surface area contributed by atoms with Crippen LogP contribution in [0.2, 0.25) is 0 Å². The number of carbonyl (C=O) groups excluding carboxylic acids is 1. The van der Waals surface area contributed by atoms with Gasteiger partial charge in [0.05, 0.1) is 16.3 Å². The molecule has 202 valence electrons. The van der Waals surface area contributed by atoms with Crippen molar-refractivity contribution in [3.63, 3.8) is 0 Å². The number of carbonyl (C=O) groups is 1. The minimum atomic E-state index is -3.80. The first kappa shape index (κ1) is 27.7. The highest BCUT2D eigenvalue weighted by atomic mass is 32.2.